The van der Waals surface area contributed by atoms with Crippen molar-refractivity contribution in [3.8, 4) is 0 Å². The van der Waals surface area contributed by atoms with Crippen LogP contribution in [0.2, 0.25) is 0 Å². The first-order valence-electron chi connectivity index (χ1n) is 8.61. The van der Waals surface area contributed by atoms with Gasteiger partial charge < -0.3 is 0 Å². The van der Waals surface area contributed by atoms with Gasteiger partial charge in [0.15, 0.2) is 5.78 Å². The van der Waals surface area contributed by atoms with E-state index >= 15 is 0 Å². The molecule has 0 aromatic heterocycles. The lowest BCUT2D eigenvalue weighted by molar-refractivity contribution is -0.121. The molecule has 0 aromatic carbocycles. The second-order valence-corrected chi connectivity index (χ2v) is 8.96. The molecule has 0 aliphatic heterocycles. The van der Waals surface area contributed by atoms with E-state index in [-0.39, 0.29) is 10.8 Å². The Morgan fingerprint density at radius 2 is 1.86 bits per heavy atom. The minimum absolute atomic E-state index is 0.0106. The molecule has 116 valence electrons. The van der Waals surface area contributed by atoms with Gasteiger partial charge in [-0.1, -0.05) is 45.8 Å². The summed E-state index contributed by atoms with van der Waals surface area (Å²) in [5.41, 5.74) is 3.21. The lowest BCUT2D eigenvalue weighted by atomic mass is 9.48. The molecule has 1 heteroatoms. The smallest absolute Gasteiger partial charge is 0.160 e. The maximum absolute atomic E-state index is 13.0. The van der Waals surface area contributed by atoms with E-state index in [4.69, 9.17) is 0 Å². The summed E-state index contributed by atoms with van der Waals surface area (Å²) in [5, 5.41) is 0. The largest absolute Gasteiger partial charge is 0.294 e. The molecule has 1 fully saturated rings. The van der Waals surface area contributed by atoms with E-state index in [1.165, 1.54) is 36.8 Å². The zero-order chi connectivity index (χ0) is 15.5. The normalized spacial score (nSPS) is 42.3. The highest BCUT2D eigenvalue weighted by molar-refractivity contribution is 5.99. The maximum atomic E-state index is 13.0. The second kappa shape index (κ2) is 4.57. The third-order valence-electron chi connectivity index (χ3n) is 6.84. The second-order valence-electron chi connectivity index (χ2n) is 8.96. The molecule has 0 N–H and O–H groups in total. The van der Waals surface area contributed by atoms with Crippen LogP contribution in [0.25, 0.3) is 0 Å². The van der Waals surface area contributed by atoms with Gasteiger partial charge in [0, 0.05) is 12.0 Å². The molecule has 0 bridgehead atoms. The molecule has 3 rings (SSSR count). The van der Waals surface area contributed by atoms with Crippen LogP contribution in [-0.4, -0.2) is 5.78 Å². The molecular weight excluding hydrogens is 256 g/mol. The summed E-state index contributed by atoms with van der Waals surface area (Å²) in [4.78, 5) is 13.0. The number of allylic oxidation sites excluding steroid dienone is 3. The van der Waals surface area contributed by atoms with Crippen molar-refractivity contribution >= 4 is 5.78 Å². The molecule has 1 saturated carbocycles. The molecule has 0 unspecified atom stereocenters. The van der Waals surface area contributed by atoms with E-state index < -0.39 is 0 Å². The van der Waals surface area contributed by atoms with Crippen LogP contribution in [0.1, 0.15) is 72.6 Å². The van der Waals surface area contributed by atoms with Crippen LogP contribution < -0.4 is 0 Å². The number of ketones is 1. The van der Waals surface area contributed by atoms with Gasteiger partial charge in [0.2, 0.25) is 0 Å². The minimum Gasteiger partial charge on any atom is -0.294 e. The quantitative estimate of drug-likeness (QED) is 0.585. The monoisotopic (exact) mass is 286 g/mol. The van der Waals surface area contributed by atoms with E-state index in [0.29, 0.717) is 23.5 Å². The maximum Gasteiger partial charge on any atom is 0.160 e. The van der Waals surface area contributed by atoms with Gasteiger partial charge in [-0.15, -0.1) is 6.58 Å². The van der Waals surface area contributed by atoms with E-state index in [9.17, 15) is 4.79 Å². The third kappa shape index (κ3) is 2.15. The Morgan fingerprint density at radius 1 is 1.14 bits per heavy atom. The molecule has 0 saturated heterocycles. The van der Waals surface area contributed by atoms with Gasteiger partial charge in [-0.3, -0.25) is 4.79 Å². The van der Waals surface area contributed by atoms with Crippen molar-refractivity contribution in [1.82, 2.24) is 0 Å². The summed E-state index contributed by atoms with van der Waals surface area (Å²) >= 11 is 0. The van der Waals surface area contributed by atoms with E-state index in [1.54, 1.807) is 0 Å². The number of hydrogen-bond donors (Lipinski definition) is 0. The van der Waals surface area contributed by atoms with Crippen molar-refractivity contribution in [1.29, 1.82) is 0 Å². The molecule has 0 amide bonds. The van der Waals surface area contributed by atoms with Crippen molar-refractivity contribution in [2.75, 3.05) is 0 Å². The lowest BCUT2D eigenvalue weighted by Crippen LogP contribution is -2.49. The zero-order valence-corrected chi connectivity index (χ0v) is 14.2. The fourth-order valence-electron chi connectivity index (χ4n) is 5.82. The highest BCUT2D eigenvalue weighted by Gasteiger charge is 2.54. The number of Topliss-reactive ketones (excluding diaryl/α,β-unsaturated/α-hetero) is 1. The first-order valence-corrected chi connectivity index (χ1v) is 8.61. The van der Waals surface area contributed by atoms with Crippen molar-refractivity contribution in [3.63, 3.8) is 0 Å². The topological polar surface area (TPSA) is 17.1 Å². The Bertz CT molecular complexity index is 524. The zero-order valence-electron chi connectivity index (χ0n) is 14.2. The van der Waals surface area contributed by atoms with Crippen molar-refractivity contribution in [3.05, 3.63) is 23.8 Å². The van der Waals surface area contributed by atoms with Gasteiger partial charge in [-0.05, 0) is 54.3 Å². The standard InChI is InChI=1S/C20H30O/c1-6-19(4)12-14-8-9-16-18(2,3)10-7-11-20(16,5)17(14)15(21)13-19/h6,16H,1,7-13H2,2-5H3/t16-,19+,20-/m0/s1. The molecule has 3 aliphatic rings. The van der Waals surface area contributed by atoms with Crippen LogP contribution >= 0.6 is 0 Å². The van der Waals surface area contributed by atoms with Crippen molar-refractivity contribution in [2.24, 2.45) is 22.2 Å². The van der Waals surface area contributed by atoms with Crippen LogP contribution in [0.15, 0.2) is 23.8 Å². The van der Waals surface area contributed by atoms with Gasteiger partial charge in [0.25, 0.3) is 0 Å². The molecule has 3 aliphatic carbocycles. The van der Waals surface area contributed by atoms with Crippen LogP contribution in [0.3, 0.4) is 0 Å². The van der Waals surface area contributed by atoms with Gasteiger partial charge in [-0.25, -0.2) is 0 Å². The molecule has 0 aromatic rings. The Balaban J connectivity index is 2.07. The average molecular weight is 286 g/mol. The number of hydrogen-bond acceptors (Lipinski definition) is 1. The summed E-state index contributed by atoms with van der Waals surface area (Å²) in [7, 11) is 0. The number of carbonyl (C=O) groups is 1. The third-order valence-corrected chi connectivity index (χ3v) is 6.84. The fourth-order valence-corrected chi connectivity index (χ4v) is 5.82. The highest BCUT2D eigenvalue weighted by atomic mass is 16.1. The molecular formula is C20H30O. The summed E-state index contributed by atoms with van der Waals surface area (Å²) in [6.45, 7) is 13.4. The molecule has 0 spiro atoms. The summed E-state index contributed by atoms with van der Waals surface area (Å²) < 4.78 is 0. The van der Waals surface area contributed by atoms with E-state index in [0.717, 1.165) is 12.8 Å². The molecule has 0 radical (unpaired) electrons. The van der Waals surface area contributed by atoms with Gasteiger partial charge >= 0.3 is 0 Å². The first kappa shape index (κ1) is 15.1. The number of carbonyl (C=O) groups excluding carboxylic acids is 1. The van der Waals surface area contributed by atoms with Crippen LogP contribution in [0.4, 0.5) is 0 Å². The first-order chi connectivity index (χ1) is 9.72. The summed E-state index contributed by atoms with van der Waals surface area (Å²) in [5.74, 6) is 1.10. The Morgan fingerprint density at radius 3 is 2.52 bits per heavy atom. The van der Waals surface area contributed by atoms with E-state index in [1.807, 2.05) is 6.08 Å². The predicted octanol–water partition coefficient (Wildman–Crippen LogP) is 5.46. The SMILES string of the molecule is C=C[C@@]1(C)CC(=O)C2=C(CC[C@H]3C(C)(C)CCC[C@]23C)C1. The summed E-state index contributed by atoms with van der Waals surface area (Å²) in [6, 6.07) is 0. The van der Waals surface area contributed by atoms with Crippen molar-refractivity contribution < 1.29 is 4.79 Å². The van der Waals surface area contributed by atoms with Crippen molar-refractivity contribution in [2.45, 2.75) is 72.6 Å². The molecule has 21 heavy (non-hydrogen) atoms. The van der Waals surface area contributed by atoms with Crippen LogP contribution in [-0.2, 0) is 4.79 Å². The highest BCUT2D eigenvalue weighted by Crippen LogP contribution is 2.62. The average Bonchev–Trinajstić information content (AvgIpc) is 2.36. The number of rotatable bonds is 1. The van der Waals surface area contributed by atoms with Gasteiger partial charge in [0.1, 0.15) is 0 Å². The minimum atomic E-state index is -0.0106. The summed E-state index contributed by atoms with van der Waals surface area (Å²) in [6.07, 6.45) is 9.91. The Kier molecular flexibility index (Phi) is 3.28. The molecule has 3 atom stereocenters. The molecule has 0 heterocycles. The fraction of sp³-hybridized carbons (Fsp3) is 0.750. The predicted molar refractivity (Wildman–Crippen MR) is 88.0 cm³/mol. The van der Waals surface area contributed by atoms with Gasteiger partial charge in [-0.2, -0.15) is 0 Å². The molecule has 1 nitrogen and oxygen atoms in total. The lowest BCUT2D eigenvalue weighted by Gasteiger charge is -2.56. The van der Waals surface area contributed by atoms with Crippen LogP contribution in [0, 0.1) is 22.2 Å². The van der Waals surface area contributed by atoms with Crippen LogP contribution in [0.5, 0.6) is 0 Å². The van der Waals surface area contributed by atoms with Gasteiger partial charge in [0.05, 0.1) is 0 Å². The van der Waals surface area contributed by atoms with E-state index in [2.05, 4.69) is 34.3 Å². The Labute approximate surface area is 129 Å². The Hall–Kier alpha value is -0.850. The number of fused-ring (bicyclic) bond motifs is 2.